The van der Waals surface area contributed by atoms with Crippen LogP contribution in [0.5, 0.6) is 5.75 Å². The zero-order chi connectivity index (χ0) is 12.0. The number of hydrogen-bond acceptors (Lipinski definition) is 3. The molecule has 0 atom stereocenters. The molecule has 0 saturated heterocycles. The topological polar surface area (TPSA) is 50.4 Å². The van der Waals surface area contributed by atoms with Crippen LogP contribution >= 0.6 is 0 Å². The number of phenolic OH excluding ortho intramolecular Hbond substituents is 1. The summed E-state index contributed by atoms with van der Waals surface area (Å²) >= 11 is 0. The predicted molar refractivity (Wildman–Crippen MR) is 61.6 cm³/mol. The van der Waals surface area contributed by atoms with Gasteiger partial charge in [-0.05, 0) is 12.1 Å². The van der Waals surface area contributed by atoms with Crippen LogP contribution < -0.4 is 5.63 Å². The molecule has 0 saturated carbocycles. The molecule has 1 aromatic heterocycles. The molecule has 2 aromatic carbocycles. The van der Waals surface area contributed by atoms with Crippen LogP contribution in [0.3, 0.4) is 0 Å². The van der Waals surface area contributed by atoms with Crippen LogP contribution in [0.25, 0.3) is 21.7 Å². The van der Waals surface area contributed by atoms with E-state index < -0.39 is 17.2 Å². The largest absolute Gasteiger partial charge is 0.505 e. The highest BCUT2D eigenvalue weighted by molar-refractivity contribution is 6.04. The van der Waals surface area contributed by atoms with Gasteiger partial charge < -0.3 is 9.52 Å². The van der Waals surface area contributed by atoms with Gasteiger partial charge in [0.1, 0.15) is 5.58 Å². The number of rotatable bonds is 0. The molecule has 0 aliphatic carbocycles. The van der Waals surface area contributed by atoms with Gasteiger partial charge in [0.15, 0.2) is 11.6 Å². The average molecular weight is 230 g/mol. The Bertz CT molecular complexity index is 790. The van der Waals surface area contributed by atoms with Gasteiger partial charge in [-0.1, -0.05) is 18.2 Å². The zero-order valence-electron chi connectivity index (χ0n) is 8.61. The van der Waals surface area contributed by atoms with Crippen molar-refractivity contribution in [3.05, 3.63) is 52.6 Å². The smallest absolute Gasteiger partial charge is 0.344 e. The van der Waals surface area contributed by atoms with Crippen molar-refractivity contribution >= 4 is 21.7 Å². The van der Waals surface area contributed by atoms with Crippen molar-refractivity contribution in [1.82, 2.24) is 0 Å². The van der Waals surface area contributed by atoms with Gasteiger partial charge in [-0.15, -0.1) is 0 Å². The third kappa shape index (κ3) is 1.38. The second kappa shape index (κ2) is 3.31. The van der Waals surface area contributed by atoms with E-state index in [0.717, 1.165) is 12.1 Å². The van der Waals surface area contributed by atoms with Crippen molar-refractivity contribution in [2.45, 2.75) is 0 Å². The summed E-state index contributed by atoms with van der Waals surface area (Å²) in [6.07, 6.45) is 0. The van der Waals surface area contributed by atoms with E-state index in [9.17, 15) is 14.3 Å². The molecule has 3 aromatic rings. The molecule has 0 fully saturated rings. The molecule has 84 valence electrons. The minimum absolute atomic E-state index is 0.174. The first kappa shape index (κ1) is 9.84. The van der Waals surface area contributed by atoms with Crippen molar-refractivity contribution < 1.29 is 13.9 Å². The van der Waals surface area contributed by atoms with E-state index in [4.69, 9.17) is 4.42 Å². The van der Waals surface area contributed by atoms with Crippen LogP contribution in [-0.4, -0.2) is 5.11 Å². The van der Waals surface area contributed by atoms with Gasteiger partial charge in [0.2, 0.25) is 0 Å². The summed E-state index contributed by atoms with van der Waals surface area (Å²) in [4.78, 5) is 11.6. The van der Waals surface area contributed by atoms with Crippen molar-refractivity contribution in [2.75, 3.05) is 0 Å². The monoisotopic (exact) mass is 230 g/mol. The standard InChI is InChI=1S/C13H7FO3/c14-10-5-9-7-3-1-2-4-8(7)13(16)17-12(9)6-11(10)15/h1-6,15H. The molecular formula is C13H7FO3. The quantitative estimate of drug-likeness (QED) is 0.477. The molecule has 3 rings (SSSR count). The zero-order valence-corrected chi connectivity index (χ0v) is 8.61. The molecule has 0 spiro atoms. The summed E-state index contributed by atoms with van der Waals surface area (Å²) in [5.41, 5.74) is -0.327. The number of halogens is 1. The Morgan fingerprint density at radius 2 is 1.76 bits per heavy atom. The number of aromatic hydroxyl groups is 1. The Morgan fingerprint density at radius 3 is 2.53 bits per heavy atom. The number of phenols is 1. The van der Waals surface area contributed by atoms with Crippen LogP contribution in [0.1, 0.15) is 0 Å². The highest BCUT2D eigenvalue weighted by Gasteiger charge is 2.10. The van der Waals surface area contributed by atoms with Crippen LogP contribution in [0.2, 0.25) is 0 Å². The molecule has 1 N–H and O–H groups in total. The Hall–Kier alpha value is -2.36. The highest BCUT2D eigenvalue weighted by Crippen LogP contribution is 2.27. The second-order valence-corrected chi connectivity index (χ2v) is 3.73. The maximum atomic E-state index is 13.3. The van der Waals surface area contributed by atoms with E-state index in [-0.39, 0.29) is 5.58 Å². The van der Waals surface area contributed by atoms with Gasteiger partial charge in [-0.3, -0.25) is 0 Å². The van der Waals surface area contributed by atoms with E-state index in [1.807, 2.05) is 0 Å². The van der Waals surface area contributed by atoms with Crippen LogP contribution in [0.15, 0.2) is 45.6 Å². The third-order valence-electron chi connectivity index (χ3n) is 2.69. The molecule has 0 aliphatic heterocycles. The Labute approximate surface area is 94.7 Å². The first-order valence-electron chi connectivity index (χ1n) is 5.01. The summed E-state index contributed by atoms with van der Waals surface area (Å²) < 4.78 is 18.3. The van der Waals surface area contributed by atoms with E-state index in [0.29, 0.717) is 16.2 Å². The molecule has 4 heteroatoms. The Kier molecular flexibility index (Phi) is 1.92. The Balaban J connectivity index is 2.64. The average Bonchev–Trinajstić information content (AvgIpc) is 2.32. The fourth-order valence-electron chi connectivity index (χ4n) is 1.89. The van der Waals surface area contributed by atoms with E-state index in [1.165, 1.54) is 0 Å². The second-order valence-electron chi connectivity index (χ2n) is 3.73. The number of fused-ring (bicyclic) bond motifs is 3. The summed E-state index contributed by atoms with van der Waals surface area (Å²) in [6, 6.07) is 9.07. The molecule has 0 unspecified atom stereocenters. The van der Waals surface area contributed by atoms with Crippen molar-refractivity contribution in [1.29, 1.82) is 0 Å². The SMILES string of the molecule is O=c1oc2cc(O)c(F)cc2c2ccccc12. The summed E-state index contributed by atoms with van der Waals surface area (Å²) in [7, 11) is 0. The maximum Gasteiger partial charge on any atom is 0.344 e. The number of benzene rings is 2. The third-order valence-corrected chi connectivity index (χ3v) is 2.69. The first-order valence-corrected chi connectivity index (χ1v) is 5.01. The van der Waals surface area contributed by atoms with Gasteiger partial charge >= 0.3 is 5.63 Å². The first-order chi connectivity index (χ1) is 8.16. The van der Waals surface area contributed by atoms with Crippen molar-refractivity contribution in [3.8, 4) is 5.75 Å². The molecular weight excluding hydrogens is 223 g/mol. The molecule has 0 aliphatic rings. The lowest BCUT2D eigenvalue weighted by Gasteiger charge is -2.03. The van der Waals surface area contributed by atoms with Crippen LogP contribution in [0, 0.1) is 5.82 Å². The van der Waals surface area contributed by atoms with E-state index in [2.05, 4.69) is 0 Å². The predicted octanol–water partition coefficient (Wildman–Crippen LogP) is 2.79. The van der Waals surface area contributed by atoms with Crippen molar-refractivity contribution in [2.24, 2.45) is 0 Å². The summed E-state index contributed by atoms with van der Waals surface area (Å²) in [6.45, 7) is 0. The normalized spacial score (nSPS) is 11.1. The van der Waals surface area contributed by atoms with Crippen molar-refractivity contribution in [3.63, 3.8) is 0 Å². The van der Waals surface area contributed by atoms with Gasteiger partial charge in [-0.2, -0.15) is 0 Å². The minimum atomic E-state index is -0.739. The number of hydrogen-bond donors (Lipinski definition) is 1. The minimum Gasteiger partial charge on any atom is -0.505 e. The van der Waals surface area contributed by atoms with Crippen LogP contribution in [0.4, 0.5) is 4.39 Å². The van der Waals surface area contributed by atoms with E-state index in [1.54, 1.807) is 24.3 Å². The van der Waals surface area contributed by atoms with Gasteiger partial charge in [0, 0.05) is 16.8 Å². The lowest BCUT2D eigenvalue weighted by molar-refractivity contribution is 0.431. The summed E-state index contributed by atoms with van der Waals surface area (Å²) in [5, 5.41) is 10.7. The fraction of sp³-hybridized carbons (Fsp3) is 0. The lowest BCUT2D eigenvalue weighted by Crippen LogP contribution is -1.99. The highest BCUT2D eigenvalue weighted by atomic mass is 19.1. The summed E-state index contributed by atoms with van der Waals surface area (Å²) in [5.74, 6) is -1.27. The Morgan fingerprint density at radius 1 is 1.06 bits per heavy atom. The van der Waals surface area contributed by atoms with Gasteiger partial charge in [0.25, 0.3) is 0 Å². The van der Waals surface area contributed by atoms with E-state index >= 15 is 0 Å². The molecule has 3 nitrogen and oxygen atoms in total. The molecule has 1 heterocycles. The van der Waals surface area contributed by atoms with Gasteiger partial charge in [0.05, 0.1) is 5.39 Å². The maximum absolute atomic E-state index is 13.3. The fourth-order valence-corrected chi connectivity index (χ4v) is 1.89. The molecule has 17 heavy (non-hydrogen) atoms. The van der Waals surface area contributed by atoms with Crippen LogP contribution in [-0.2, 0) is 0 Å². The lowest BCUT2D eigenvalue weighted by atomic mass is 10.1. The van der Waals surface area contributed by atoms with Gasteiger partial charge in [-0.25, -0.2) is 9.18 Å². The molecule has 0 bridgehead atoms. The molecule has 0 radical (unpaired) electrons. The molecule has 0 amide bonds.